The van der Waals surface area contributed by atoms with Crippen molar-refractivity contribution in [2.24, 2.45) is 0 Å². The molecule has 1 heterocycles. The van der Waals surface area contributed by atoms with Gasteiger partial charge in [0.15, 0.2) is 5.82 Å². The summed E-state index contributed by atoms with van der Waals surface area (Å²) in [7, 11) is 0. The van der Waals surface area contributed by atoms with Crippen LogP contribution < -0.4 is 0 Å². The Hall–Kier alpha value is -0.0900. The molecule has 0 aliphatic rings. The molecule has 0 aliphatic carbocycles. The van der Waals surface area contributed by atoms with Crippen LogP contribution >= 0.6 is 34.8 Å². The Labute approximate surface area is 84.3 Å². The highest BCUT2D eigenvalue weighted by atomic mass is 35.6. The van der Waals surface area contributed by atoms with Crippen molar-refractivity contribution in [1.29, 1.82) is 0 Å². The van der Waals surface area contributed by atoms with Crippen LogP contribution in [0.1, 0.15) is 11.4 Å². The number of hydrogen-bond donors (Lipinski definition) is 1. The Morgan fingerprint density at radius 2 is 1.75 bits per heavy atom. The molecule has 0 aromatic carbocycles. The van der Waals surface area contributed by atoms with Crippen molar-refractivity contribution in [2.75, 3.05) is 0 Å². The zero-order valence-corrected chi connectivity index (χ0v) is 8.11. The third-order valence-corrected chi connectivity index (χ3v) is 1.65. The molecular weight excluding hydrogens is 222 g/mol. The summed E-state index contributed by atoms with van der Waals surface area (Å²) in [6, 6.07) is 0. The fourth-order valence-corrected chi connectivity index (χ4v) is 0.876. The second-order valence-corrected chi connectivity index (χ2v) is 4.35. The Morgan fingerprint density at radius 3 is 2.08 bits per heavy atom. The molecule has 12 heavy (non-hydrogen) atoms. The minimum Gasteiger partial charge on any atom is -0.392 e. The van der Waals surface area contributed by atoms with Crippen LogP contribution in [-0.2, 0) is 10.4 Å². The number of aromatic nitrogens is 2. The third-order valence-electron chi connectivity index (χ3n) is 1.14. The highest BCUT2D eigenvalue weighted by molar-refractivity contribution is 6.66. The average Bonchev–Trinajstić information content (AvgIpc) is 2.03. The van der Waals surface area contributed by atoms with Crippen LogP contribution in [0.2, 0.25) is 0 Å². The third kappa shape index (κ3) is 2.45. The van der Waals surface area contributed by atoms with Gasteiger partial charge >= 0.3 is 0 Å². The highest BCUT2D eigenvalue weighted by Gasteiger charge is 2.25. The summed E-state index contributed by atoms with van der Waals surface area (Å²) in [6.07, 6.45) is 2.81. The molecule has 0 amide bonds. The van der Waals surface area contributed by atoms with E-state index >= 15 is 0 Å². The molecule has 0 saturated heterocycles. The van der Waals surface area contributed by atoms with E-state index in [0.717, 1.165) is 0 Å². The van der Waals surface area contributed by atoms with Crippen molar-refractivity contribution in [1.82, 2.24) is 9.97 Å². The van der Waals surface area contributed by atoms with Gasteiger partial charge in [0.25, 0.3) is 0 Å². The van der Waals surface area contributed by atoms with E-state index in [1.165, 1.54) is 12.4 Å². The van der Waals surface area contributed by atoms with Crippen molar-refractivity contribution < 1.29 is 5.11 Å². The number of nitrogens with zero attached hydrogens (tertiary/aromatic N) is 2. The molecule has 3 nitrogen and oxygen atoms in total. The second-order valence-electron chi connectivity index (χ2n) is 2.07. The van der Waals surface area contributed by atoms with Crippen molar-refractivity contribution in [3.8, 4) is 0 Å². The van der Waals surface area contributed by atoms with Crippen molar-refractivity contribution in [2.45, 2.75) is 10.4 Å². The fraction of sp³-hybridized carbons (Fsp3) is 0.333. The maximum Gasteiger partial charge on any atom is 0.250 e. The smallest absolute Gasteiger partial charge is 0.250 e. The molecule has 0 spiro atoms. The minimum atomic E-state index is -1.60. The highest BCUT2D eigenvalue weighted by Crippen LogP contribution is 2.35. The first-order chi connectivity index (χ1) is 5.54. The van der Waals surface area contributed by atoms with Gasteiger partial charge < -0.3 is 5.11 Å². The van der Waals surface area contributed by atoms with Gasteiger partial charge in [-0.2, -0.15) is 0 Å². The zero-order valence-electron chi connectivity index (χ0n) is 5.84. The minimum absolute atomic E-state index is 0.102. The number of aliphatic hydroxyl groups is 1. The molecule has 0 saturated carbocycles. The SMILES string of the molecule is OCc1cnc(C(Cl)(Cl)Cl)nc1. The number of hydrogen-bond acceptors (Lipinski definition) is 3. The Kier molecular flexibility index (Phi) is 3.12. The van der Waals surface area contributed by atoms with Crippen LogP contribution in [0, 0.1) is 0 Å². The van der Waals surface area contributed by atoms with Gasteiger partial charge in [0, 0.05) is 18.0 Å². The molecule has 0 radical (unpaired) electrons. The lowest BCUT2D eigenvalue weighted by Crippen LogP contribution is -2.07. The molecule has 0 unspecified atom stereocenters. The Morgan fingerprint density at radius 1 is 1.25 bits per heavy atom. The van der Waals surface area contributed by atoms with Gasteiger partial charge in [-0.25, -0.2) is 9.97 Å². The van der Waals surface area contributed by atoms with E-state index in [9.17, 15) is 0 Å². The van der Waals surface area contributed by atoms with Gasteiger partial charge in [0.05, 0.1) is 6.61 Å². The second kappa shape index (κ2) is 3.75. The maximum atomic E-state index is 8.65. The summed E-state index contributed by atoms with van der Waals surface area (Å²) >= 11 is 16.5. The predicted molar refractivity (Wildman–Crippen MR) is 47.2 cm³/mol. The number of aliphatic hydroxyl groups excluding tert-OH is 1. The van der Waals surface area contributed by atoms with Gasteiger partial charge in [0.1, 0.15) is 0 Å². The van der Waals surface area contributed by atoms with Gasteiger partial charge in [-0.1, -0.05) is 34.8 Å². The summed E-state index contributed by atoms with van der Waals surface area (Å²) in [5, 5.41) is 8.65. The van der Waals surface area contributed by atoms with Crippen molar-refractivity contribution >= 4 is 34.8 Å². The molecule has 0 bridgehead atoms. The quantitative estimate of drug-likeness (QED) is 0.744. The number of rotatable bonds is 1. The van der Waals surface area contributed by atoms with Crippen LogP contribution in [0.5, 0.6) is 0 Å². The lowest BCUT2D eigenvalue weighted by atomic mass is 10.4. The summed E-state index contributed by atoms with van der Waals surface area (Å²) < 4.78 is -1.60. The summed E-state index contributed by atoms with van der Waals surface area (Å²) in [6.45, 7) is -0.125. The average molecular weight is 227 g/mol. The van der Waals surface area contributed by atoms with Crippen LogP contribution in [0.3, 0.4) is 0 Å². The Bertz CT molecular complexity index is 256. The molecule has 6 heteroatoms. The summed E-state index contributed by atoms with van der Waals surface area (Å²) in [5.41, 5.74) is 0.577. The molecule has 1 N–H and O–H groups in total. The molecule has 1 aromatic rings. The molecular formula is C6H5Cl3N2O. The number of alkyl halides is 3. The summed E-state index contributed by atoms with van der Waals surface area (Å²) in [4.78, 5) is 7.51. The zero-order chi connectivity index (χ0) is 9.19. The van der Waals surface area contributed by atoms with Crippen LogP contribution in [0.15, 0.2) is 12.4 Å². The predicted octanol–water partition coefficient (Wildman–Crippen LogP) is 1.80. The summed E-state index contributed by atoms with van der Waals surface area (Å²) in [5.74, 6) is 0.102. The van der Waals surface area contributed by atoms with Gasteiger partial charge in [0.2, 0.25) is 3.79 Å². The van der Waals surface area contributed by atoms with Gasteiger partial charge in [-0.3, -0.25) is 0 Å². The molecule has 0 fully saturated rings. The van der Waals surface area contributed by atoms with E-state index in [0.29, 0.717) is 5.56 Å². The first kappa shape index (κ1) is 9.99. The monoisotopic (exact) mass is 226 g/mol. The molecule has 66 valence electrons. The van der Waals surface area contributed by atoms with Crippen LogP contribution in [-0.4, -0.2) is 15.1 Å². The normalized spacial score (nSPS) is 11.7. The maximum absolute atomic E-state index is 8.65. The van der Waals surface area contributed by atoms with E-state index in [1.54, 1.807) is 0 Å². The van der Waals surface area contributed by atoms with E-state index in [1.807, 2.05) is 0 Å². The molecule has 0 aliphatic heterocycles. The van der Waals surface area contributed by atoms with Crippen LogP contribution in [0.25, 0.3) is 0 Å². The van der Waals surface area contributed by atoms with Crippen molar-refractivity contribution in [3.63, 3.8) is 0 Å². The first-order valence-corrected chi connectivity index (χ1v) is 4.16. The molecule has 0 atom stereocenters. The standard InChI is InChI=1S/C6H5Cl3N2O/c7-6(8,9)5-10-1-4(3-12)2-11-5/h1-2,12H,3H2. The molecule has 1 rings (SSSR count). The van der Waals surface area contributed by atoms with Gasteiger partial charge in [-0.15, -0.1) is 0 Å². The van der Waals surface area contributed by atoms with E-state index in [-0.39, 0.29) is 12.4 Å². The Balaban J connectivity index is 2.93. The lowest BCUT2D eigenvalue weighted by Gasteiger charge is -2.07. The fourth-order valence-electron chi connectivity index (χ4n) is 0.583. The van der Waals surface area contributed by atoms with E-state index in [4.69, 9.17) is 39.9 Å². The van der Waals surface area contributed by atoms with Gasteiger partial charge in [-0.05, 0) is 0 Å². The van der Waals surface area contributed by atoms with E-state index in [2.05, 4.69) is 9.97 Å². The largest absolute Gasteiger partial charge is 0.392 e. The topological polar surface area (TPSA) is 46.0 Å². The van der Waals surface area contributed by atoms with Crippen LogP contribution in [0.4, 0.5) is 0 Å². The van der Waals surface area contributed by atoms with E-state index < -0.39 is 3.79 Å². The molecule has 1 aromatic heterocycles. The van der Waals surface area contributed by atoms with Crippen molar-refractivity contribution in [3.05, 3.63) is 23.8 Å². The first-order valence-electron chi connectivity index (χ1n) is 3.03. The number of halogens is 3. The lowest BCUT2D eigenvalue weighted by molar-refractivity contribution is 0.280.